The van der Waals surface area contributed by atoms with Gasteiger partial charge in [-0.05, 0) is 36.4 Å². The number of nitrogens with zero attached hydrogens (tertiary/aromatic N) is 2. The summed E-state index contributed by atoms with van der Waals surface area (Å²) in [4.78, 5) is 23.7. The third kappa shape index (κ3) is 7.31. The first kappa shape index (κ1) is 22.6. The SMILES string of the molecule is COc1ccc(Br)cc1C=NNC(=O)CC(=O)NN=Cc1cc(Br)ccc1OC. The number of ether oxygens (including phenoxy) is 2. The summed E-state index contributed by atoms with van der Waals surface area (Å²) in [6.07, 6.45) is 2.42. The molecule has 0 aliphatic carbocycles. The number of methoxy groups -OCH3 is 2. The van der Waals surface area contributed by atoms with E-state index in [0.717, 1.165) is 8.95 Å². The molecule has 0 atom stereocenters. The highest BCUT2D eigenvalue weighted by atomic mass is 79.9. The van der Waals surface area contributed by atoms with Gasteiger partial charge >= 0.3 is 0 Å². The molecule has 2 rings (SSSR count). The Bertz CT molecular complexity index is 872. The van der Waals surface area contributed by atoms with Gasteiger partial charge in [-0.2, -0.15) is 10.2 Å². The molecule has 0 unspecified atom stereocenters. The van der Waals surface area contributed by atoms with Gasteiger partial charge in [-0.3, -0.25) is 9.59 Å². The predicted molar refractivity (Wildman–Crippen MR) is 117 cm³/mol. The topological polar surface area (TPSA) is 101 Å². The third-order valence-corrected chi connectivity index (χ3v) is 4.48. The summed E-state index contributed by atoms with van der Waals surface area (Å²) in [6.45, 7) is 0. The number of carbonyl (C=O) groups is 2. The minimum Gasteiger partial charge on any atom is -0.496 e. The summed E-state index contributed by atoms with van der Waals surface area (Å²) in [7, 11) is 3.07. The van der Waals surface area contributed by atoms with Crippen molar-refractivity contribution in [3.8, 4) is 11.5 Å². The van der Waals surface area contributed by atoms with E-state index in [1.807, 2.05) is 12.1 Å². The molecule has 8 nitrogen and oxygen atoms in total. The third-order valence-electron chi connectivity index (χ3n) is 3.49. The highest BCUT2D eigenvalue weighted by Crippen LogP contribution is 2.22. The Kier molecular flexibility index (Phi) is 8.81. The fraction of sp³-hybridized carbons (Fsp3) is 0.158. The van der Waals surface area contributed by atoms with Gasteiger partial charge in [-0.1, -0.05) is 31.9 Å². The number of benzene rings is 2. The number of nitrogens with one attached hydrogen (secondary N) is 2. The van der Waals surface area contributed by atoms with E-state index in [-0.39, 0.29) is 0 Å². The van der Waals surface area contributed by atoms with Crippen LogP contribution < -0.4 is 20.3 Å². The van der Waals surface area contributed by atoms with Crippen LogP contribution in [0.3, 0.4) is 0 Å². The number of rotatable bonds is 8. The van der Waals surface area contributed by atoms with Gasteiger partial charge < -0.3 is 9.47 Å². The van der Waals surface area contributed by atoms with Crippen molar-refractivity contribution in [1.29, 1.82) is 0 Å². The van der Waals surface area contributed by atoms with Gasteiger partial charge in [-0.15, -0.1) is 0 Å². The first-order valence-corrected chi connectivity index (χ1v) is 9.82. The zero-order chi connectivity index (χ0) is 21.2. The summed E-state index contributed by atoms with van der Waals surface area (Å²) >= 11 is 6.70. The van der Waals surface area contributed by atoms with E-state index < -0.39 is 18.2 Å². The summed E-state index contributed by atoms with van der Waals surface area (Å²) in [6, 6.07) is 10.7. The number of hydrazone groups is 2. The van der Waals surface area contributed by atoms with Crippen LogP contribution in [0.2, 0.25) is 0 Å². The molecule has 0 spiro atoms. The maximum absolute atomic E-state index is 11.8. The van der Waals surface area contributed by atoms with Crippen LogP contribution >= 0.6 is 31.9 Å². The van der Waals surface area contributed by atoms with Crippen LogP contribution in [0.4, 0.5) is 0 Å². The lowest BCUT2D eigenvalue weighted by Crippen LogP contribution is -2.27. The smallest absolute Gasteiger partial charge is 0.249 e. The Labute approximate surface area is 184 Å². The molecular weight excluding hydrogens is 508 g/mol. The maximum atomic E-state index is 11.8. The predicted octanol–water partition coefficient (Wildman–Crippen LogP) is 3.22. The van der Waals surface area contributed by atoms with E-state index in [2.05, 4.69) is 52.9 Å². The molecule has 0 aliphatic rings. The van der Waals surface area contributed by atoms with Crippen LogP contribution in [-0.2, 0) is 9.59 Å². The Balaban J connectivity index is 1.86. The minimum atomic E-state index is -0.581. The average molecular weight is 526 g/mol. The van der Waals surface area contributed by atoms with Gasteiger partial charge in [0.15, 0.2) is 0 Å². The molecule has 0 saturated carbocycles. The zero-order valence-corrected chi connectivity index (χ0v) is 18.8. The fourth-order valence-electron chi connectivity index (χ4n) is 2.18. The molecule has 2 aromatic carbocycles. The minimum absolute atomic E-state index is 0.431. The van der Waals surface area contributed by atoms with Gasteiger partial charge in [0, 0.05) is 20.1 Å². The van der Waals surface area contributed by atoms with E-state index in [1.54, 1.807) is 24.3 Å². The van der Waals surface area contributed by atoms with E-state index >= 15 is 0 Å². The van der Waals surface area contributed by atoms with Crippen molar-refractivity contribution in [2.24, 2.45) is 10.2 Å². The van der Waals surface area contributed by atoms with Crippen molar-refractivity contribution < 1.29 is 19.1 Å². The van der Waals surface area contributed by atoms with Crippen molar-refractivity contribution in [3.63, 3.8) is 0 Å². The Hall–Kier alpha value is -2.72. The normalized spacial score (nSPS) is 10.9. The molecule has 10 heteroatoms. The van der Waals surface area contributed by atoms with E-state index in [1.165, 1.54) is 26.6 Å². The van der Waals surface area contributed by atoms with Gasteiger partial charge in [0.1, 0.15) is 17.9 Å². The highest BCUT2D eigenvalue weighted by molar-refractivity contribution is 9.10. The number of carbonyl (C=O) groups excluding carboxylic acids is 2. The second-order valence-corrected chi connectivity index (χ2v) is 7.37. The molecule has 0 bridgehead atoms. The standard InChI is InChI=1S/C19H18Br2N4O4/c1-28-16-5-3-14(20)7-12(16)10-22-24-18(26)9-19(27)25-23-11-13-8-15(21)4-6-17(13)29-2/h3-8,10-11H,9H2,1-2H3,(H,24,26)(H,25,27). The fourth-order valence-corrected chi connectivity index (χ4v) is 2.94. The van der Waals surface area contributed by atoms with E-state index in [9.17, 15) is 9.59 Å². The van der Waals surface area contributed by atoms with Crippen molar-refractivity contribution in [2.75, 3.05) is 14.2 Å². The lowest BCUT2D eigenvalue weighted by atomic mass is 10.2. The van der Waals surface area contributed by atoms with Gasteiger partial charge in [0.2, 0.25) is 11.8 Å². The lowest BCUT2D eigenvalue weighted by Gasteiger charge is -2.05. The first-order chi connectivity index (χ1) is 13.9. The van der Waals surface area contributed by atoms with Gasteiger partial charge in [0.05, 0.1) is 26.6 Å². The number of amides is 2. The zero-order valence-electron chi connectivity index (χ0n) is 15.6. The highest BCUT2D eigenvalue weighted by Gasteiger charge is 2.08. The largest absolute Gasteiger partial charge is 0.496 e. The van der Waals surface area contributed by atoms with Crippen molar-refractivity contribution in [1.82, 2.24) is 10.9 Å². The lowest BCUT2D eigenvalue weighted by molar-refractivity contribution is -0.129. The van der Waals surface area contributed by atoms with Gasteiger partial charge in [0.25, 0.3) is 0 Å². The Morgan fingerprint density at radius 3 is 1.66 bits per heavy atom. The number of hydrogen-bond acceptors (Lipinski definition) is 6. The molecule has 152 valence electrons. The second-order valence-electron chi connectivity index (χ2n) is 5.54. The van der Waals surface area contributed by atoms with Crippen molar-refractivity contribution in [2.45, 2.75) is 6.42 Å². The molecule has 0 aromatic heterocycles. The second kappa shape index (κ2) is 11.3. The molecule has 0 fully saturated rings. The van der Waals surface area contributed by atoms with Crippen LogP contribution in [0, 0.1) is 0 Å². The van der Waals surface area contributed by atoms with Crippen LogP contribution in [0.25, 0.3) is 0 Å². The van der Waals surface area contributed by atoms with Crippen LogP contribution in [0.1, 0.15) is 17.5 Å². The molecule has 0 aliphatic heterocycles. The first-order valence-electron chi connectivity index (χ1n) is 8.24. The molecule has 2 N–H and O–H groups in total. The van der Waals surface area contributed by atoms with E-state index in [4.69, 9.17) is 9.47 Å². The average Bonchev–Trinajstić information content (AvgIpc) is 2.68. The van der Waals surface area contributed by atoms with E-state index in [0.29, 0.717) is 22.6 Å². The quantitative estimate of drug-likeness (QED) is 0.314. The molecule has 2 amide bonds. The molecule has 0 radical (unpaired) electrons. The summed E-state index contributed by atoms with van der Waals surface area (Å²) in [5, 5.41) is 7.68. The number of halogens is 2. The molecule has 29 heavy (non-hydrogen) atoms. The summed E-state index contributed by atoms with van der Waals surface area (Å²) < 4.78 is 12.1. The van der Waals surface area contributed by atoms with Crippen LogP contribution in [0.5, 0.6) is 11.5 Å². The van der Waals surface area contributed by atoms with Crippen molar-refractivity contribution >= 4 is 56.1 Å². The Morgan fingerprint density at radius 2 is 1.28 bits per heavy atom. The molecule has 2 aromatic rings. The maximum Gasteiger partial charge on any atom is 0.249 e. The molecule has 0 heterocycles. The Morgan fingerprint density at radius 1 is 0.862 bits per heavy atom. The van der Waals surface area contributed by atoms with Crippen LogP contribution in [-0.4, -0.2) is 38.5 Å². The van der Waals surface area contributed by atoms with Crippen LogP contribution in [0.15, 0.2) is 55.5 Å². The summed E-state index contributed by atoms with van der Waals surface area (Å²) in [5.41, 5.74) is 5.91. The van der Waals surface area contributed by atoms with Gasteiger partial charge in [-0.25, -0.2) is 10.9 Å². The number of hydrogen-bond donors (Lipinski definition) is 2. The monoisotopic (exact) mass is 524 g/mol. The molecule has 0 saturated heterocycles. The van der Waals surface area contributed by atoms with Crippen molar-refractivity contribution in [3.05, 3.63) is 56.5 Å². The summed E-state index contributed by atoms with van der Waals surface area (Å²) in [5.74, 6) is 0.0356. The molecular formula is C19H18Br2N4O4.